The van der Waals surface area contributed by atoms with Gasteiger partial charge in [0.2, 0.25) is 0 Å². The van der Waals surface area contributed by atoms with E-state index >= 15 is 0 Å². The van der Waals surface area contributed by atoms with E-state index < -0.39 is 40.7 Å². The van der Waals surface area contributed by atoms with E-state index in [-0.39, 0.29) is 12.1 Å². The lowest BCUT2D eigenvalue weighted by atomic mass is 9.97. The molecule has 1 unspecified atom stereocenters. The molecule has 5 rings (SSSR count). The average Bonchev–Trinajstić information content (AvgIpc) is 3.21. The van der Waals surface area contributed by atoms with Crippen LogP contribution in [0.2, 0.25) is 0 Å². The van der Waals surface area contributed by atoms with Crippen molar-refractivity contribution in [3.63, 3.8) is 0 Å². The number of hydrogen-bond donors (Lipinski definition) is 0. The van der Waals surface area contributed by atoms with Crippen molar-refractivity contribution in [3.05, 3.63) is 113 Å². The Morgan fingerprint density at radius 3 is 1.78 bits per heavy atom. The molecule has 4 aromatic carbocycles. The Bertz CT molecular complexity index is 1420. The van der Waals surface area contributed by atoms with E-state index in [0.717, 1.165) is 36.1 Å². The van der Waals surface area contributed by atoms with Gasteiger partial charge in [0.25, 0.3) is 0 Å². The highest BCUT2D eigenvalue weighted by Gasteiger charge is 2.38. The van der Waals surface area contributed by atoms with Gasteiger partial charge in [-0.25, -0.2) is 17.6 Å². The summed E-state index contributed by atoms with van der Waals surface area (Å²) in [4.78, 5) is 0. The van der Waals surface area contributed by atoms with Crippen molar-refractivity contribution in [2.75, 3.05) is 0 Å². The van der Waals surface area contributed by atoms with E-state index in [4.69, 9.17) is 0 Å². The van der Waals surface area contributed by atoms with Crippen molar-refractivity contribution < 1.29 is 31.1 Å². The van der Waals surface area contributed by atoms with E-state index in [2.05, 4.69) is 29.9 Å². The van der Waals surface area contributed by atoms with Crippen molar-refractivity contribution in [1.82, 2.24) is 0 Å². The van der Waals surface area contributed by atoms with E-state index in [0.29, 0.717) is 17.0 Å². The summed E-state index contributed by atoms with van der Waals surface area (Å²) in [5.41, 5.74) is 4.62. The zero-order chi connectivity index (χ0) is 25.6. The summed E-state index contributed by atoms with van der Waals surface area (Å²) in [6.07, 6.45) is -2.13. The largest absolute Gasteiger partial charge is 0.429 e. The minimum atomic E-state index is -4.26. The fraction of sp³-hybridized carbons (Fsp3) is 0.172. The maximum Gasteiger partial charge on any atom is 0.429 e. The summed E-state index contributed by atoms with van der Waals surface area (Å²) < 4.78 is 87.9. The zero-order valence-electron chi connectivity index (χ0n) is 19.1. The lowest BCUT2D eigenvalue weighted by molar-refractivity contribution is -0.187. The molecule has 0 saturated carbocycles. The zero-order valence-corrected chi connectivity index (χ0v) is 19.1. The number of halogens is 6. The third kappa shape index (κ3) is 4.57. The Morgan fingerprint density at radius 1 is 0.639 bits per heavy atom. The second kappa shape index (κ2) is 9.04. The molecule has 0 radical (unpaired) electrons. The second-order valence-electron chi connectivity index (χ2n) is 9.09. The van der Waals surface area contributed by atoms with Gasteiger partial charge in [0.15, 0.2) is 17.5 Å². The second-order valence-corrected chi connectivity index (χ2v) is 9.09. The Balaban J connectivity index is 1.37. The molecule has 184 valence electrons. The lowest BCUT2D eigenvalue weighted by Gasteiger charge is -2.19. The molecule has 0 aliphatic heterocycles. The molecule has 0 spiro atoms. The first-order valence-electron chi connectivity index (χ1n) is 11.3. The van der Waals surface area contributed by atoms with Gasteiger partial charge in [0.1, 0.15) is 11.6 Å². The topological polar surface area (TPSA) is 9.23 Å². The Morgan fingerprint density at radius 2 is 1.17 bits per heavy atom. The lowest BCUT2D eigenvalue weighted by Crippen LogP contribution is -2.23. The van der Waals surface area contributed by atoms with Gasteiger partial charge in [-0.15, -0.1) is 0 Å². The third-order valence-corrected chi connectivity index (χ3v) is 6.38. The van der Waals surface area contributed by atoms with Gasteiger partial charge in [0, 0.05) is 12.1 Å². The van der Waals surface area contributed by atoms with Crippen LogP contribution < -0.4 is 4.74 Å². The maximum absolute atomic E-state index is 14.7. The van der Waals surface area contributed by atoms with Crippen LogP contribution in [0.1, 0.15) is 23.6 Å². The van der Waals surface area contributed by atoms with Crippen molar-refractivity contribution in [2.45, 2.75) is 25.9 Å². The van der Waals surface area contributed by atoms with Crippen LogP contribution in [0.25, 0.3) is 22.3 Å². The molecule has 1 nitrogen and oxygen atoms in total. The molecule has 0 heterocycles. The van der Waals surface area contributed by atoms with Crippen LogP contribution in [0.5, 0.6) is 5.75 Å². The number of ether oxygens (including phenoxy) is 1. The van der Waals surface area contributed by atoms with Crippen molar-refractivity contribution >= 4 is 0 Å². The monoisotopic (exact) mass is 498 g/mol. The van der Waals surface area contributed by atoms with Crippen LogP contribution in [-0.2, 0) is 19.0 Å². The first kappa shape index (κ1) is 24.0. The molecule has 1 atom stereocenters. The fourth-order valence-corrected chi connectivity index (χ4v) is 4.60. The van der Waals surface area contributed by atoms with Crippen LogP contribution in [-0.4, -0.2) is 0 Å². The van der Waals surface area contributed by atoms with E-state index in [1.165, 1.54) is 17.2 Å². The molecule has 1 aliphatic carbocycles. The first-order chi connectivity index (χ1) is 17.1. The Labute approximate surface area is 204 Å². The number of hydrogen-bond acceptors (Lipinski definition) is 1. The van der Waals surface area contributed by atoms with Crippen LogP contribution in [0, 0.1) is 29.2 Å². The number of fused-ring (bicyclic) bond motifs is 1. The molecule has 0 fully saturated rings. The number of rotatable bonds is 5. The smallest absolute Gasteiger partial charge is 0.429 e. The highest BCUT2D eigenvalue weighted by molar-refractivity contribution is 5.71. The Kier molecular flexibility index (Phi) is 6.02. The predicted octanol–water partition coefficient (Wildman–Crippen LogP) is 8.44. The summed E-state index contributed by atoms with van der Waals surface area (Å²) in [5.74, 6) is -6.83. The maximum atomic E-state index is 14.7. The van der Waals surface area contributed by atoms with Gasteiger partial charge < -0.3 is 4.74 Å². The van der Waals surface area contributed by atoms with Crippen LogP contribution in [0.3, 0.4) is 0 Å². The van der Waals surface area contributed by atoms with Gasteiger partial charge in [-0.3, -0.25) is 0 Å². The van der Waals surface area contributed by atoms with Gasteiger partial charge >= 0.3 is 6.11 Å². The molecule has 0 saturated heterocycles. The average molecular weight is 498 g/mol. The minimum absolute atomic E-state index is 0.266. The molecule has 4 aromatic rings. The molecule has 7 heteroatoms. The van der Waals surface area contributed by atoms with Gasteiger partial charge in [-0.1, -0.05) is 55.5 Å². The fourth-order valence-electron chi connectivity index (χ4n) is 4.60. The number of alkyl halides is 2. The van der Waals surface area contributed by atoms with Crippen LogP contribution in [0.4, 0.5) is 26.3 Å². The highest BCUT2D eigenvalue weighted by atomic mass is 19.3. The molecule has 0 N–H and O–H groups in total. The molecule has 0 bridgehead atoms. The van der Waals surface area contributed by atoms with Crippen molar-refractivity contribution in [2.24, 2.45) is 5.92 Å². The minimum Gasteiger partial charge on any atom is -0.429 e. The van der Waals surface area contributed by atoms with E-state index in [1.807, 2.05) is 12.1 Å². The van der Waals surface area contributed by atoms with Crippen molar-refractivity contribution in [3.8, 4) is 28.0 Å². The molecule has 36 heavy (non-hydrogen) atoms. The van der Waals surface area contributed by atoms with E-state index in [1.54, 1.807) is 12.1 Å². The van der Waals surface area contributed by atoms with E-state index in [9.17, 15) is 26.3 Å². The standard InChI is InChI=1S/C29H20F6O/c1-16-10-19-6-7-20(12-22(19)11-16)17-2-4-18(5-3-17)21-8-9-24(25(30)13-21)29(34,35)36-23-14-26(31)28(33)27(32)15-23/h2-9,12-16H,10-11H2,1H3. The molecular formula is C29H20F6O. The summed E-state index contributed by atoms with van der Waals surface area (Å²) in [7, 11) is 0. The quantitative estimate of drug-likeness (QED) is 0.198. The predicted molar refractivity (Wildman–Crippen MR) is 125 cm³/mol. The number of benzene rings is 4. The molecule has 0 aromatic heterocycles. The van der Waals surface area contributed by atoms with Crippen molar-refractivity contribution in [1.29, 1.82) is 0 Å². The summed E-state index contributed by atoms with van der Waals surface area (Å²) in [6.45, 7) is 2.23. The van der Waals surface area contributed by atoms with Gasteiger partial charge in [-0.2, -0.15) is 8.78 Å². The van der Waals surface area contributed by atoms with Crippen LogP contribution in [0.15, 0.2) is 72.8 Å². The summed E-state index contributed by atoms with van der Waals surface area (Å²) >= 11 is 0. The molecule has 0 amide bonds. The van der Waals surface area contributed by atoms with Gasteiger partial charge in [0.05, 0.1) is 5.56 Å². The first-order valence-corrected chi connectivity index (χ1v) is 11.3. The van der Waals surface area contributed by atoms with Crippen LogP contribution >= 0.6 is 0 Å². The summed E-state index contributed by atoms with van der Waals surface area (Å²) in [5, 5.41) is 0. The normalized spacial score (nSPS) is 15.1. The molecule has 1 aliphatic rings. The van der Waals surface area contributed by atoms with Gasteiger partial charge in [-0.05, 0) is 64.3 Å². The third-order valence-electron chi connectivity index (χ3n) is 6.38. The SMILES string of the molecule is CC1Cc2ccc(-c3ccc(-c4ccc(C(F)(F)Oc5cc(F)c(F)c(F)c5)c(F)c4)cc3)cc2C1. The Hall–Kier alpha value is -3.74. The summed E-state index contributed by atoms with van der Waals surface area (Å²) in [6, 6.07) is 17.3. The molecular weight excluding hydrogens is 478 g/mol. The highest BCUT2D eigenvalue weighted by Crippen LogP contribution is 2.36.